The highest BCUT2D eigenvalue weighted by molar-refractivity contribution is 8.01. The molecule has 1 saturated heterocycles. The lowest BCUT2D eigenvalue weighted by Gasteiger charge is -2.59. The van der Waals surface area contributed by atoms with Crippen LogP contribution in [-0.4, -0.2) is 16.7 Å². The van der Waals surface area contributed by atoms with Gasteiger partial charge in [-0.05, 0) is 55.8 Å². The van der Waals surface area contributed by atoms with E-state index in [1.54, 1.807) is 32.1 Å². The second kappa shape index (κ2) is 2.95. The monoisotopic (exact) mass is 223 g/mol. The van der Waals surface area contributed by atoms with Crippen molar-refractivity contribution in [2.45, 2.75) is 49.1 Å². The lowest BCUT2D eigenvalue weighted by atomic mass is 9.54. The van der Waals surface area contributed by atoms with Crippen LogP contribution in [0.5, 0.6) is 0 Å². The van der Waals surface area contributed by atoms with Crippen molar-refractivity contribution in [2.24, 2.45) is 23.7 Å². The average molecular weight is 223 g/mol. The van der Waals surface area contributed by atoms with Crippen molar-refractivity contribution in [1.29, 1.82) is 0 Å². The Balaban J connectivity index is 1.70. The summed E-state index contributed by atoms with van der Waals surface area (Å²) in [5, 5.41) is 4.78. The third-order valence-corrected chi connectivity index (χ3v) is 7.18. The fraction of sp³-hybridized carbons (Fsp3) is 1.00. The van der Waals surface area contributed by atoms with Crippen LogP contribution in [0.15, 0.2) is 0 Å². The highest BCUT2D eigenvalue weighted by Gasteiger charge is 2.59. The number of hydrogen-bond donors (Lipinski definition) is 1. The lowest BCUT2D eigenvalue weighted by Crippen LogP contribution is -2.60. The van der Waals surface area contributed by atoms with E-state index in [0.717, 1.165) is 28.9 Å². The largest absolute Gasteiger partial charge is 0.301 e. The third-order valence-electron chi connectivity index (χ3n) is 5.41. The van der Waals surface area contributed by atoms with Crippen molar-refractivity contribution >= 4 is 11.8 Å². The molecule has 0 aromatic carbocycles. The van der Waals surface area contributed by atoms with E-state index in [9.17, 15) is 0 Å². The molecule has 1 N–H and O–H groups in total. The molecule has 1 nitrogen and oxygen atoms in total. The van der Waals surface area contributed by atoms with Gasteiger partial charge in [0, 0.05) is 11.8 Å². The topological polar surface area (TPSA) is 12.0 Å². The number of hydrogen-bond acceptors (Lipinski definition) is 2. The summed E-state index contributed by atoms with van der Waals surface area (Å²) < 4.78 is 0. The van der Waals surface area contributed by atoms with Crippen molar-refractivity contribution in [3.8, 4) is 0 Å². The molecule has 15 heavy (non-hydrogen) atoms. The fourth-order valence-corrected chi connectivity index (χ4v) is 6.85. The second-order valence-electron chi connectivity index (χ2n) is 6.41. The quantitative estimate of drug-likeness (QED) is 0.678. The molecule has 0 amide bonds. The van der Waals surface area contributed by atoms with Crippen molar-refractivity contribution in [1.82, 2.24) is 5.32 Å². The van der Waals surface area contributed by atoms with E-state index in [1.807, 2.05) is 0 Å². The van der Waals surface area contributed by atoms with Gasteiger partial charge in [0.1, 0.15) is 0 Å². The minimum absolute atomic E-state index is 0.535. The number of thioether (sulfide) groups is 1. The molecular formula is C13H21NS. The highest BCUT2D eigenvalue weighted by atomic mass is 32.2. The van der Waals surface area contributed by atoms with Crippen molar-refractivity contribution < 1.29 is 0 Å². The van der Waals surface area contributed by atoms with E-state index in [2.05, 4.69) is 24.0 Å². The molecule has 84 valence electrons. The summed E-state index contributed by atoms with van der Waals surface area (Å²) >= 11 is 2.29. The van der Waals surface area contributed by atoms with E-state index in [-0.39, 0.29) is 0 Å². The van der Waals surface area contributed by atoms with Gasteiger partial charge in [-0.25, -0.2) is 0 Å². The minimum Gasteiger partial charge on any atom is -0.301 e. The Morgan fingerprint density at radius 2 is 1.60 bits per heavy atom. The summed E-state index contributed by atoms with van der Waals surface area (Å²) in [4.78, 5) is 0.535. The molecule has 1 atom stereocenters. The van der Waals surface area contributed by atoms with Gasteiger partial charge in [0.05, 0.1) is 4.87 Å². The summed E-state index contributed by atoms with van der Waals surface area (Å²) in [7, 11) is 0. The Hall–Kier alpha value is 0.310. The first-order valence-corrected chi connectivity index (χ1v) is 7.57. The van der Waals surface area contributed by atoms with Crippen molar-refractivity contribution in [3.05, 3.63) is 0 Å². The van der Waals surface area contributed by atoms with E-state index in [1.165, 1.54) is 6.54 Å². The van der Waals surface area contributed by atoms with Crippen LogP contribution in [0.4, 0.5) is 0 Å². The van der Waals surface area contributed by atoms with Gasteiger partial charge in [-0.15, -0.1) is 11.8 Å². The summed E-state index contributed by atoms with van der Waals surface area (Å²) in [6.07, 6.45) is 7.74. The Bertz CT molecular complexity index is 260. The molecule has 1 aliphatic heterocycles. The zero-order valence-corrected chi connectivity index (χ0v) is 10.4. The van der Waals surface area contributed by atoms with Crippen LogP contribution in [0.1, 0.15) is 39.0 Å². The van der Waals surface area contributed by atoms with Crippen LogP contribution in [0, 0.1) is 23.7 Å². The Morgan fingerprint density at radius 3 is 2.07 bits per heavy atom. The molecule has 5 fully saturated rings. The molecule has 0 aromatic heterocycles. The molecule has 1 heterocycles. The maximum atomic E-state index is 3.93. The maximum Gasteiger partial charge on any atom is 0.0706 e. The summed E-state index contributed by atoms with van der Waals surface area (Å²) in [6.45, 7) is 3.66. The zero-order chi connectivity index (χ0) is 10.0. The van der Waals surface area contributed by atoms with Gasteiger partial charge in [0.2, 0.25) is 0 Å². The molecule has 0 aromatic rings. The van der Waals surface area contributed by atoms with E-state index < -0.39 is 0 Å². The molecule has 4 bridgehead atoms. The Morgan fingerprint density at radius 1 is 1.00 bits per heavy atom. The predicted molar refractivity (Wildman–Crippen MR) is 64.8 cm³/mol. The van der Waals surface area contributed by atoms with Crippen LogP contribution in [-0.2, 0) is 0 Å². The molecule has 0 radical (unpaired) electrons. The summed E-state index contributed by atoms with van der Waals surface area (Å²) in [5.41, 5.74) is 0. The van der Waals surface area contributed by atoms with Crippen molar-refractivity contribution in [3.63, 3.8) is 0 Å². The summed E-state index contributed by atoms with van der Waals surface area (Å²) in [5.74, 6) is 4.25. The van der Waals surface area contributed by atoms with Crippen LogP contribution < -0.4 is 5.32 Å². The molecular weight excluding hydrogens is 202 g/mol. The first-order chi connectivity index (χ1) is 7.26. The van der Waals surface area contributed by atoms with Gasteiger partial charge in [0.25, 0.3) is 0 Å². The summed E-state index contributed by atoms with van der Waals surface area (Å²) in [6, 6.07) is 0. The molecule has 2 heteroatoms. The highest BCUT2D eigenvalue weighted by Crippen LogP contribution is 2.63. The average Bonchev–Trinajstić information content (AvgIpc) is 2.57. The van der Waals surface area contributed by atoms with Gasteiger partial charge in [0.15, 0.2) is 0 Å². The molecule has 1 spiro atoms. The lowest BCUT2D eigenvalue weighted by molar-refractivity contribution is -0.0261. The molecule has 5 rings (SSSR count). The van der Waals surface area contributed by atoms with E-state index in [4.69, 9.17) is 0 Å². The molecule has 5 aliphatic rings. The van der Waals surface area contributed by atoms with Crippen LogP contribution in [0.2, 0.25) is 0 Å². The number of rotatable bonds is 0. The van der Waals surface area contributed by atoms with Gasteiger partial charge in [-0.2, -0.15) is 0 Å². The standard InChI is InChI=1S/C13H21NS/c1-8-7-14-13(15-8)11-3-9-2-10(5-11)6-12(13)4-9/h8-12,14H,2-7H2,1H3. The van der Waals surface area contributed by atoms with Crippen molar-refractivity contribution in [2.75, 3.05) is 6.54 Å². The van der Waals surface area contributed by atoms with E-state index >= 15 is 0 Å². The van der Waals surface area contributed by atoms with Gasteiger partial charge >= 0.3 is 0 Å². The van der Waals surface area contributed by atoms with Gasteiger partial charge in [-0.3, -0.25) is 0 Å². The van der Waals surface area contributed by atoms with E-state index in [0.29, 0.717) is 4.87 Å². The first-order valence-electron chi connectivity index (χ1n) is 6.69. The normalized spacial score (nSPS) is 61.8. The van der Waals surface area contributed by atoms with Crippen LogP contribution >= 0.6 is 11.8 Å². The first kappa shape index (κ1) is 9.35. The van der Waals surface area contributed by atoms with Gasteiger partial charge in [-0.1, -0.05) is 6.92 Å². The van der Waals surface area contributed by atoms with Crippen LogP contribution in [0.25, 0.3) is 0 Å². The third kappa shape index (κ3) is 1.16. The molecule has 4 saturated carbocycles. The zero-order valence-electron chi connectivity index (χ0n) is 9.54. The minimum atomic E-state index is 0.535. The SMILES string of the molecule is CC1CNC2(S1)C1CC3CC(C1)CC2C3. The molecule has 1 unspecified atom stereocenters. The Kier molecular flexibility index (Phi) is 1.84. The maximum absolute atomic E-state index is 3.93. The van der Waals surface area contributed by atoms with Crippen LogP contribution in [0.3, 0.4) is 0 Å². The fourth-order valence-electron chi connectivity index (χ4n) is 5.08. The van der Waals surface area contributed by atoms with Gasteiger partial charge < -0.3 is 5.32 Å². The number of nitrogens with one attached hydrogen (secondary N) is 1. The predicted octanol–water partition coefficient (Wildman–Crippen LogP) is 2.86. The molecule has 4 aliphatic carbocycles. The second-order valence-corrected chi connectivity index (χ2v) is 8.12. The smallest absolute Gasteiger partial charge is 0.0706 e. The Labute approximate surface area is 96.8 Å².